The smallest absolute Gasteiger partial charge is 0.272 e. The van der Waals surface area contributed by atoms with Crippen molar-refractivity contribution in [3.05, 3.63) is 38.8 Å². The van der Waals surface area contributed by atoms with Crippen LogP contribution in [0.15, 0.2) is 22.7 Å². The highest BCUT2D eigenvalue weighted by Crippen LogP contribution is 2.40. The molecule has 0 aliphatic heterocycles. The van der Waals surface area contributed by atoms with E-state index in [1.54, 1.807) is 10.6 Å². The molecule has 1 N–H and O–H groups in total. The van der Waals surface area contributed by atoms with Gasteiger partial charge in [-0.25, -0.2) is 0 Å². The number of alkyl halides is 3. The number of nitrogens with one attached hydrogen (secondary N) is 1. The molecule has 1 aliphatic rings. The van der Waals surface area contributed by atoms with Crippen molar-refractivity contribution in [2.45, 2.75) is 24.9 Å². The Morgan fingerprint density at radius 1 is 1.30 bits per heavy atom. The Morgan fingerprint density at radius 3 is 2.60 bits per heavy atom. The molecule has 1 saturated carbocycles. The number of nitrogens with zero attached hydrogens (tertiary/aromatic N) is 2. The maximum absolute atomic E-state index is 12.9. The molecule has 0 spiro atoms. The number of aromatic nitrogens is 3. The monoisotopic (exact) mass is 363 g/mol. The van der Waals surface area contributed by atoms with Gasteiger partial charge in [-0.1, -0.05) is 15.9 Å². The van der Waals surface area contributed by atoms with Gasteiger partial charge in [0.15, 0.2) is 4.77 Å². The number of H-pyrrole nitrogens is 1. The molecule has 0 radical (unpaired) electrons. The fourth-order valence-electron chi connectivity index (χ4n) is 2.04. The quantitative estimate of drug-likeness (QED) is 0.791. The second kappa shape index (κ2) is 4.70. The minimum absolute atomic E-state index is 0.274. The van der Waals surface area contributed by atoms with Crippen molar-refractivity contribution < 1.29 is 13.2 Å². The molecule has 8 heteroatoms. The highest BCUT2D eigenvalue weighted by molar-refractivity contribution is 9.10. The average molecular weight is 364 g/mol. The lowest BCUT2D eigenvalue weighted by Gasteiger charge is -2.12. The molecule has 0 amide bonds. The second-order valence-electron chi connectivity index (χ2n) is 4.69. The first-order chi connectivity index (χ1) is 9.36. The maximum Gasteiger partial charge on any atom is 0.416 e. The van der Waals surface area contributed by atoms with E-state index in [2.05, 4.69) is 26.1 Å². The predicted octanol–water partition coefficient (Wildman–Crippen LogP) is 4.59. The summed E-state index contributed by atoms with van der Waals surface area (Å²) in [5, 5.41) is 6.78. The Kier molecular flexibility index (Phi) is 3.24. The topological polar surface area (TPSA) is 33.6 Å². The van der Waals surface area contributed by atoms with Crippen molar-refractivity contribution in [1.82, 2.24) is 14.8 Å². The van der Waals surface area contributed by atoms with Gasteiger partial charge in [0.05, 0.1) is 11.3 Å². The van der Waals surface area contributed by atoms with Crippen LogP contribution in [0.25, 0.3) is 5.69 Å². The first kappa shape index (κ1) is 13.8. The van der Waals surface area contributed by atoms with Crippen LogP contribution >= 0.6 is 28.1 Å². The van der Waals surface area contributed by atoms with Crippen molar-refractivity contribution in [2.24, 2.45) is 0 Å². The molecule has 0 bridgehead atoms. The zero-order valence-electron chi connectivity index (χ0n) is 10.0. The summed E-state index contributed by atoms with van der Waals surface area (Å²) < 4.78 is 40.9. The summed E-state index contributed by atoms with van der Waals surface area (Å²) in [6.07, 6.45) is -2.43. The Labute approximate surface area is 125 Å². The summed E-state index contributed by atoms with van der Waals surface area (Å²) in [5.74, 6) is 0.970. The third-order valence-electron chi connectivity index (χ3n) is 3.11. The first-order valence-corrected chi connectivity index (χ1v) is 7.12. The lowest BCUT2D eigenvalue weighted by atomic mass is 10.2. The minimum Gasteiger partial charge on any atom is -0.272 e. The molecule has 1 aromatic heterocycles. The van der Waals surface area contributed by atoms with E-state index in [1.165, 1.54) is 0 Å². The summed E-state index contributed by atoms with van der Waals surface area (Å²) in [6.45, 7) is 0. The highest BCUT2D eigenvalue weighted by atomic mass is 79.9. The van der Waals surface area contributed by atoms with Crippen LogP contribution in [-0.2, 0) is 6.18 Å². The summed E-state index contributed by atoms with van der Waals surface area (Å²) in [7, 11) is 0. The molecule has 3 nitrogen and oxygen atoms in total. The molecular formula is C12H9BrF3N3S. The number of rotatable bonds is 2. The van der Waals surface area contributed by atoms with Crippen molar-refractivity contribution in [1.29, 1.82) is 0 Å². The number of benzene rings is 1. The molecule has 0 saturated heterocycles. The second-order valence-corrected chi connectivity index (χ2v) is 5.99. The van der Waals surface area contributed by atoms with E-state index < -0.39 is 11.7 Å². The summed E-state index contributed by atoms with van der Waals surface area (Å²) >= 11 is 8.25. The number of halogens is 4. The molecule has 1 fully saturated rings. The van der Waals surface area contributed by atoms with Crippen molar-refractivity contribution in [3.63, 3.8) is 0 Å². The van der Waals surface area contributed by atoms with Gasteiger partial charge in [-0.3, -0.25) is 9.67 Å². The van der Waals surface area contributed by atoms with Gasteiger partial charge >= 0.3 is 6.18 Å². The van der Waals surface area contributed by atoms with Crippen LogP contribution in [0.2, 0.25) is 0 Å². The van der Waals surface area contributed by atoms with E-state index in [4.69, 9.17) is 12.2 Å². The van der Waals surface area contributed by atoms with Gasteiger partial charge in [0.2, 0.25) is 0 Å². The normalized spacial score (nSPS) is 15.6. The van der Waals surface area contributed by atoms with E-state index in [9.17, 15) is 13.2 Å². The number of hydrogen-bond donors (Lipinski definition) is 1. The molecule has 1 aromatic carbocycles. The summed E-state index contributed by atoms with van der Waals surface area (Å²) in [4.78, 5) is 0. The zero-order valence-corrected chi connectivity index (χ0v) is 12.4. The Morgan fingerprint density at radius 2 is 2.00 bits per heavy atom. The SMILES string of the molecule is FC(F)(F)c1cc(Br)cc(-n2c(C3CC3)n[nH]c2=S)c1. The third-order valence-corrected chi connectivity index (χ3v) is 3.84. The molecule has 106 valence electrons. The summed E-state index contributed by atoms with van der Waals surface area (Å²) in [5.41, 5.74) is -0.348. The molecule has 1 heterocycles. The molecule has 3 rings (SSSR count). The standard InChI is InChI=1S/C12H9BrF3N3S/c13-8-3-7(12(14,15)16)4-9(5-8)19-10(6-1-2-6)17-18-11(19)20/h3-6H,1-2H2,(H,18,20). The lowest BCUT2D eigenvalue weighted by molar-refractivity contribution is -0.137. The summed E-state index contributed by atoms with van der Waals surface area (Å²) in [6, 6.07) is 3.73. The highest BCUT2D eigenvalue weighted by Gasteiger charge is 2.33. The lowest BCUT2D eigenvalue weighted by Crippen LogP contribution is -2.07. The van der Waals surface area contributed by atoms with Gasteiger partial charge in [0.25, 0.3) is 0 Å². The number of aromatic amines is 1. The maximum atomic E-state index is 12.9. The van der Waals surface area contributed by atoms with Gasteiger partial charge in [-0.2, -0.15) is 18.3 Å². The van der Waals surface area contributed by atoms with E-state index in [-0.39, 0.29) is 5.92 Å². The third kappa shape index (κ3) is 2.54. The largest absolute Gasteiger partial charge is 0.416 e. The molecular weight excluding hydrogens is 355 g/mol. The fraction of sp³-hybridized carbons (Fsp3) is 0.333. The molecule has 0 unspecified atom stereocenters. The van der Waals surface area contributed by atoms with E-state index in [0.29, 0.717) is 20.8 Å². The minimum atomic E-state index is -4.40. The van der Waals surface area contributed by atoms with Gasteiger partial charge in [-0.15, -0.1) is 0 Å². The van der Waals surface area contributed by atoms with Crippen LogP contribution in [0.1, 0.15) is 30.1 Å². The van der Waals surface area contributed by atoms with Crippen LogP contribution in [0.3, 0.4) is 0 Å². The van der Waals surface area contributed by atoms with Gasteiger partial charge in [-0.05, 0) is 43.3 Å². The molecule has 2 aromatic rings. The fourth-order valence-corrected chi connectivity index (χ4v) is 2.77. The van der Waals surface area contributed by atoms with Crippen molar-refractivity contribution in [2.75, 3.05) is 0 Å². The Balaban J connectivity index is 2.17. The van der Waals surface area contributed by atoms with Gasteiger partial charge < -0.3 is 0 Å². The van der Waals surface area contributed by atoms with E-state index in [0.717, 1.165) is 25.0 Å². The Bertz CT molecular complexity index is 715. The Hall–Kier alpha value is -1.15. The van der Waals surface area contributed by atoms with Crippen LogP contribution in [0.5, 0.6) is 0 Å². The van der Waals surface area contributed by atoms with E-state index >= 15 is 0 Å². The zero-order chi connectivity index (χ0) is 14.5. The van der Waals surface area contributed by atoms with Crippen LogP contribution in [-0.4, -0.2) is 14.8 Å². The van der Waals surface area contributed by atoms with Crippen LogP contribution < -0.4 is 0 Å². The molecule has 0 atom stereocenters. The first-order valence-electron chi connectivity index (χ1n) is 5.92. The van der Waals surface area contributed by atoms with Crippen LogP contribution in [0.4, 0.5) is 13.2 Å². The van der Waals surface area contributed by atoms with Gasteiger partial charge in [0, 0.05) is 10.4 Å². The predicted molar refractivity (Wildman–Crippen MR) is 73.4 cm³/mol. The van der Waals surface area contributed by atoms with Crippen molar-refractivity contribution in [3.8, 4) is 5.69 Å². The number of hydrogen-bond acceptors (Lipinski definition) is 2. The average Bonchev–Trinajstić information content (AvgIpc) is 3.11. The van der Waals surface area contributed by atoms with Crippen LogP contribution in [0, 0.1) is 4.77 Å². The molecule has 20 heavy (non-hydrogen) atoms. The molecule has 1 aliphatic carbocycles. The van der Waals surface area contributed by atoms with Gasteiger partial charge in [0.1, 0.15) is 5.82 Å². The van der Waals surface area contributed by atoms with E-state index in [1.807, 2.05) is 0 Å². The van der Waals surface area contributed by atoms with Crippen molar-refractivity contribution >= 4 is 28.1 Å².